The molecule has 1 aromatic heterocycles. The lowest BCUT2D eigenvalue weighted by Crippen LogP contribution is -2.65. The molecule has 9 nitrogen and oxygen atoms in total. The zero-order chi connectivity index (χ0) is 33.2. The number of nitrogens with one attached hydrogen (secondary N) is 2. The minimum absolute atomic E-state index is 0.0410. The fourth-order valence-electron chi connectivity index (χ4n) is 5.66. The number of para-hydroxylation sites is 1. The van der Waals surface area contributed by atoms with Gasteiger partial charge in [-0.25, -0.2) is 9.59 Å². The number of rotatable bonds is 12. The summed E-state index contributed by atoms with van der Waals surface area (Å²) in [6.07, 6.45) is 0.474. The number of aromatic nitrogens is 1. The first-order chi connectivity index (χ1) is 22.7. The highest BCUT2D eigenvalue weighted by molar-refractivity contribution is 5.95. The Labute approximate surface area is 275 Å². The van der Waals surface area contributed by atoms with E-state index in [1.807, 2.05) is 141 Å². The second-order valence-electron chi connectivity index (χ2n) is 11.9. The molecule has 0 aliphatic carbocycles. The Morgan fingerprint density at radius 2 is 1.32 bits per heavy atom. The topological polar surface area (TPSA) is 102 Å². The quantitative estimate of drug-likeness (QED) is 0.163. The van der Waals surface area contributed by atoms with Crippen molar-refractivity contribution in [3.05, 3.63) is 144 Å². The number of amides is 2. The maximum Gasteiger partial charge on any atom is 0.418 e. The van der Waals surface area contributed by atoms with E-state index in [2.05, 4.69) is 10.6 Å². The van der Waals surface area contributed by atoms with Gasteiger partial charge in [-0.2, -0.15) is 0 Å². The molecular weight excluding hydrogens is 592 g/mol. The molecule has 4 aromatic carbocycles. The van der Waals surface area contributed by atoms with Crippen LogP contribution in [-0.4, -0.2) is 53.7 Å². The van der Waals surface area contributed by atoms with E-state index < -0.39 is 17.7 Å². The van der Waals surface area contributed by atoms with Gasteiger partial charge in [-0.1, -0.05) is 109 Å². The summed E-state index contributed by atoms with van der Waals surface area (Å²) in [4.78, 5) is 43.1. The van der Waals surface area contributed by atoms with Crippen LogP contribution in [0, 0.1) is 0 Å². The van der Waals surface area contributed by atoms with Gasteiger partial charge in [-0.15, -0.1) is 0 Å². The zero-order valence-corrected chi connectivity index (χ0v) is 26.9. The number of benzene rings is 4. The van der Waals surface area contributed by atoms with Crippen molar-refractivity contribution in [1.29, 1.82) is 0 Å². The molecule has 9 heteroatoms. The largest absolute Gasteiger partial charge is 0.445 e. The van der Waals surface area contributed by atoms with Gasteiger partial charge in [0.2, 0.25) is 5.91 Å². The van der Waals surface area contributed by atoms with Crippen molar-refractivity contribution < 1.29 is 23.9 Å². The van der Waals surface area contributed by atoms with Gasteiger partial charge in [0.05, 0.1) is 11.6 Å². The van der Waals surface area contributed by atoms with Gasteiger partial charge in [0, 0.05) is 24.5 Å². The molecule has 0 fully saturated rings. The predicted octanol–water partition coefficient (Wildman–Crippen LogP) is 6.47. The summed E-state index contributed by atoms with van der Waals surface area (Å²) in [5.74, 6) is -0.386. The fraction of sp³-hybridized carbons (Fsp3) is 0.237. The molecule has 5 rings (SSSR count). The van der Waals surface area contributed by atoms with Crippen molar-refractivity contribution >= 4 is 29.0 Å². The third kappa shape index (κ3) is 8.45. The first-order valence-electron chi connectivity index (χ1n) is 15.5. The number of hydrogen-bond donors (Lipinski definition) is 2. The summed E-state index contributed by atoms with van der Waals surface area (Å²) in [5.41, 5.74) is 2.44. The van der Waals surface area contributed by atoms with E-state index in [-0.39, 0.29) is 38.1 Å². The molecule has 242 valence electrons. The SMILES string of the molecule is C[C@H](NC(=O)[C@](Cc1cn(C(=O)OCc2ccccc2)c2ccccc12)(CN(C)C)NC(=O)OCc1ccccc1)c1ccccc1. The minimum Gasteiger partial charge on any atom is -0.445 e. The fourth-order valence-corrected chi connectivity index (χ4v) is 5.66. The molecule has 0 aliphatic rings. The normalized spacial score (nSPS) is 13.0. The molecule has 2 amide bonds. The maximum absolute atomic E-state index is 14.4. The van der Waals surface area contributed by atoms with Crippen LogP contribution in [0.4, 0.5) is 9.59 Å². The molecule has 0 saturated carbocycles. The second-order valence-corrected chi connectivity index (χ2v) is 11.9. The summed E-state index contributed by atoms with van der Waals surface area (Å²) < 4.78 is 12.7. The highest BCUT2D eigenvalue weighted by Gasteiger charge is 2.43. The van der Waals surface area contributed by atoms with Crippen LogP contribution in [0.5, 0.6) is 0 Å². The van der Waals surface area contributed by atoms with Crippen LogP contribution < -0.4 is 10.6 Å². The number of likely N-dealkylation sites (N-methyl/N-ethyl adjacent to an activating group) is 1. The molecule has 0 unspecified atom stereocenters. The summed E-state index contributed by atoms with van der Waals surface area (Å²) >= 11 is 0. The average molecular weight is 633 g/mol. The van der Waals surface area contributed by atoms with Crippen LogP contribution >= 0.6 is 0 Å². The zero-order valence-electron chi connectivity index (χ0n) is 26.9. The first kappa shape index (κ1) is 33.0. The van der Waals surface area contributed by atoms with Crippen LogP contribution in [0.1, 0.15) is 35.2 Å². The number of nitrogens with zero attached hydrogens (tertiary/aromatic N) is 2. The summed E-state index contributed by atoms with van der Waals surface area (Å²) in [7, 11) is 3.67. The molecule has 2 N–H and O–H groups in total. The molecule has 5 aromatic rings. The highest BCUT2D eigenvalue weighted by atomic mass is 16.6. The van der Waals surface area contributed by atoms with E-state index in [0.29, 0.717) is 11.1 Å². The predicted molar refractivity (Wildman–Crippen MR) is 182 cm³/mol. The van der Waals surface area contributed by atoms with Crippen LogP contribution in [0.3, 0.4) is 0 Å². The van der Waals surface area contributed by atoms with Crippen LogP contribution in [0.2, 0.25) is 0 Å². The van der Waals surface area contributed by atoms with Crippen LogP contribution in [-0.2, 0) is 33.9 Å². The van der Waals surface area contributed by atoms with Gasteiger partial charge in [-0.05, 0) is 49.3 Å². The van der Waals surface area contributed by atoms with E-state index in [0.717, 1.165) is 22.1 Å². The molecule has 2 atom stereocenters. The lowest BCUT2D eigenvalue weighted by molar-refractivity contribution is -0.128. The van der Waals surface area contributed by atoms with Crippen molar-refractivity contribution in [3.63, 3.8) is 0 Å². The highest BCUT2D eigenvalue weighted by Crippen LogP contribution is 2.27. The lowest BCUT2D eigenvalue weighted by atomic mass is 9.88. The Hall–Kier alpha value is -5.41. The van der Waals surface area contributed by atoms with Crippen LogP contribution in [0.15, 0.2) is 121 Å². The maximum atomic E-state index is 14.4. The molecule has 0 spiro atoms. The average Bonchev–Trinajstić information content (AvgIpc) is 3.45. The van der Waals surface area contributed by atoms with Gasteiger partial charge in [0.15, 0.2) is 0 Å². The Morgan fingerprint density at radius 3 is 1.94 bits per heavy atom. The number of ether oxygens (including phenoxy) is 2. The van der Waals surface area contributed by atoms with Crippen molar-refractivity contribution in [2.45, 2.75) is 38.1 Å². The van der Waals surface area contributed by atoms with E-state index >= 15 is 0 Å². The lowest BCUT2D eigenvalue weighted by Gasteiger charge is -2.36. The Bertz CT molecular complexity index is 1790. The smallest absolute Gasteiger partial charge is 0.418 e. The molecule has 0 bridgehead atoms. The van der Waals surface area contributed by atoms with Crippen LogP contribution in [0.25, 0.3) is 10.9 Å². The number of fused-ring (bicyclic) bond motifs is 1. The van der Waals surface area contributed by atoms with Gasteiger partial charge in [0.1, 0.15) is 18.8 Å². The van der Waals surface area contributed by atoms with E-state index in [1.165, 1.54) is 4.57 Å². The second kappa shape index (κ2) is 15.2. The number of hydrogen-bond acceptors (Lipinski definition) is 6. The first-order valence-corrected chi connectivity index (χ1v) is 15.5. The van der Waals surface area contributed by atoms with Gasteiger partial charge in [-0.3, -0.25) is 9.36 Å². The van der Waals surface area contributed by atoms with Crippen molar-refractivity contribution in [2.75, 3.05) is 20.6 Å². The monoisotopic (exact) mass is 632 g/mol. The molecule has 1 heterocycles. The summed E-state index contributed by atoms with van der Waals surface area (Å²) in [5, 5.41) is 6.83. The molecule has 47 heavy (non-hydrogen) atoms. The Balaban J connectivity index is 1.48. The van der Waals surface area contributed by atoms with Crippen molar-refractivity contribution in [3.8, 4) is 0 Å². The Kier molecular flexibility index (Phi) is 10.7. The van der Waals surface area contributed by atoms with Gasteiger partial charge >= 0.3 is 12.2 Å². The molecule has 0 saturated heterocycles. The Morgan fingerprint density at radius 1 is 0.766 bits per heavy atom. The number of carbonyl (C=O) groups excluding carboxylic acids is 3. The van der Waals surface area contributed by atoms with E-state index in [9.17, 15) is 14.4 Å². The summed E-state index contributed by atoms with van der Waals surface area (Å²) in [6.45, 7) is 2.20. The van der Waals surface area contributed by atoms with E-state index in [1.54, 1.807) is 6.20 Å². The van der Waals surface area contributed by atoms with Crippen molar-refractivity contribution in [2.24, 2.45) is 0 Å². The third-order valence-electron chi connectivity index (χ3n) is 7.91. The standard InChI is InChI=1S/C38H40N4O5/c1-28(31-19-11-6-12-20-31)39-35(43)38(27-41(2)3,40-36(44)46-25-29-15-7-4-8-16-29)23-32-24-42(34-22-14-13-21-33(32)34)37(45)47-26-30-17-9-5-10-18-30/h4-22,24,28H,23,25-27H2,1-3H3,(H,39,43)(H,40,44)/t28-,38-/m0/s1. The molecular formula is C38H40N4O5. The van der Waals surface area contributed by atoms with Crippen molar-refractivity contribution in [1.82, 2.24) is 20.1 Å². The number of carbonyl (C=O) groups is 3. The van der Waals surface area contributed by atoms with Gasteiger partial charge < -0.3 is 25.0 Å². The van der Waals surface area contributed by atoms with Gasteiger partial charge in [0.25, 0.3) is 0 Å². The molecule has 0 radical (unpaired) electrons. The van der Waals surface area contributed by atoms with E-state index in [4.69, 9.17) is 9.47 Å². The number of alkyl carbamates (subject to hydrolysis) is 1. The third-order valence-corrected chi connectivity index (χ3v) is 7.91. The minimum atomic E-state index is -1.48. The molecule has 0 aliphatic heterocycles. The summed E-state index contributed by atoms with van der Waals surface area (Å²) in [6, 6.07) is 35.5.